The standard InChI is InChI=1S/C26H39N5O8/c1-26(2,3)39-25(35)31(5)17-19-7-6-8-21(30-24(34)22(15-27)28-4)23(19)38-14-13-37-12-11-36-10-9-29-16-20(33)18-32/h6-8,15,18,29H,4,9-14,16-17,27H2,1-3,5H3,(H,30,34)/b22-15-. The molecule has 2 amide bonds. The third-order valence-corrected chi connectivity index (χ3v) is 4.72. The molecule has 216 valence electrons. The molecule has 39 heavy (non-hydrogen) atoms. The van der Waals surface area contributed by atoms with Gasteiger partial charge in [-0.1, -0.05) is 12.1 Å². The minimum Gasteiger partial charge on any atom is -0.489 e. The molecule has 0 bridgehead atoms. The molecule has 0 spiro atoms. The number of nitrogens with zero attached hydrogens (tertiary/aromatic N) is 2. The average molecular weight is 550 g/mol. The molecule has 0 radical (unpaired) electrons. The topological polar surface area (TPSA) is 171 Å². The summed E-state index contributed by atoms with van der Waals surface area (Å²) in [5, 5.41) is 5.49. The van der Waals surface area contributed by atoms with Crippen LogP contribution in [0.5, 0.6) is 5.75 Å². The van der Waals surface area contributed by atoms with E-state index < -0.39 is 23.4 Å². The van der Waals surface area contributed by atoms with Gasteiger partial charge < -0.3 is 40.2 Å². The molecule has 13 nitrogen and oxygen atoms in total. The third kappa shape index (κ3) is 13.5. The molecular weight excluding hydrogens is 510 g/mol. The van der Waals surface area contributed by atoms with Crippen LogP contribution in [0.25, 0.3) is 0 Å². The summed E-state index contributed by atoms with van der Waals surface area (Å²) in [5.74, 6) is -0.751. The molecule has 0 unspecified atom stereocenters. The number of benzene rings is 1. The number of anilines is 1. The predicted molar refractivity (Wildman–Crippen MR) is 146 cm³/mol. The van der Waals surface area contributed by atoms with Gasteiger partial charge in [-0.25, -0.2) is 4.79 Å². The molecule has 0 aliphatic rings. The molecule has 13 heteroatoms. The second-order valence-electron chi connectivity index (χ2n) is 9.13. The van der Waals surface area contributed by atoms with Gasteiger partial charge in [0.15, 0.2) is 6.29 Å². The molecule has 0 atom stereocenters. The molecule has 0 aliphatic carbocycles. The van der Waals surface area contributed by atoms with E-state index in [2.05, 4.69) is 22.3 Å². The van der Waals surface area contributed by atoms with Crippen LogP contribution in [0.1, 0.15) is 26.3 Å². The fraction of sp³-hybridized carbons (Fsp3) is 0.500. The molecule has 1 aromatic rings. The van der Waals surface area contributed by atoms with Gasteiger partial charge in [0.25, 0.3) is 5.91 Å². The van der Waals surface area contributed by atoms with Crippen LogP contribution in [-0.2, 0) is 35.1 Å². The highest BCUT2D eigenvalue weighted by Gasteiger charge is 2.22. The molecule has 1 aromatic carbocycles. The second kappa shape index (κ2) is 17.7. The quantitative estimate of drug-likeness (QED) is 0.0796. The van der Waals surface area contributed by atoms with E-state index in [0.29, 0.717) is 43.4 Å². The van der Waals surface area contributed by atoms with Crippen molar-refractivity contribution < 1.29 is 38.1 Å². The zero-order valence-corrected chi connectivity index (χ0v) is 23.0. The average Bonchev–Trinajstić information content (AvgIpc) is 2.87. The summed E-state index contributed by atoms with van der Waals surface area (Å²) >= 11 is 0. The maximum atomic E-state index is 12.5. The SMILES string of the molecule is C=N/C(=C\N)C(=O)Nc1cccc(CN(C)C(=O)OC(C)(C)C)c1OCCOCCOCCNCC(=O)C=O. The van der Waals surface area contributed by atoms with Gasteiger partial charge in [0.1, 0.15) is 23.7 Å². The Morgan fingerprint density at radius 1 is 1.10 bits per heavy atom. The number of ketones is 1. The zero-order valence-electron chi connectivity index (χ0n) is 23.0. The van der Waals surface area contributed by atoms with Gasteiger partial charge in [0, 0.05) is 25.4 Å². The fourth-order valence-electron chi connectivity index (χ4n) is 2.95. The van der Waals surface area contributed by atoms with E-state index in [1.165, 1.54) is 4.90 Å². The number of carbonyl (C=O) groups excluding carboxylic acids is 4. The monoisotopic (exact) mass is 549 g/mol. The Bertz CT molecular complexity index is 1010. The molecule has 4 N–H and O–H groups in total. The summed E-state index contributed by atoms with van der Waals surface area (Å²) in [4.78, 5) is 51.1. The summed E-state index contributed by atoms with van der Waals surface area (Å²) in [6.45, 7) is 10.6. The van der Waals surface area contributed by atoms with E-state index in [1.807, 2.05) is 0 Å². The molecule has 0 aliphatic heterocycles. The number of hydrogen-bond donors (Lipinski definition) is 3. The van der Waals surface area contributed by atoms with Crippen molar-refractivity contribution in [3.8, 4) is 5.75 Å². The fourth-order valence-corrected chi connectivity index (χ4v) is 2.95. The highest BCUT2D eigenvalue weighted by atomic mass is 16.6. The number of ether oxygens (including phenoxy) is 4. The maximum Gasteiger partial charge on any atom is 0.410 e. The van der Waals surface area contributed by atoms with Crippen molar-refractivity contribution in [2.24, 2.45) is 10.7 Å². The number of para-hydroxylation sites is 1. The smallest absolute Gasteiger partial charge is 0.410 e. The molecule has 0 fully saturated rings. The van der Waals surface area contributed by atoms with Gasteiger partial charge >= 0.3 is 6.09 Å². The Hall–Kier alpha value is -3.81. The number of carbonyl (C=O) groups is 4. The van der Waals surface area contributed by atoms with Gasteiger partial charge in [-0.15, -0.1) is 0 Å². The van der Waals surface area contributed by atoms with Crippen LogP contribution in [-0.4, -0.2) is 94.5 Å². The Balaban J connectivity index is 2.74. The Morgan fingerprint density at radius 2 is 1.77 bits per heavy atom. The predicted octanol–water partition coefficient (Wildman–Crippen LogP) is 1.26. The number of aliphatic imine (C=N–C) groups is 1. The van der Waals surface area contributed by atoms with Gasteiger partial charge in [0.2, 0.25) is 5.78 Å². The van der Waals surface area contributed by atoms with Crippen LogP contribution in [0, 0.1) is 0 Å². The van der Waals surface area contributed by atoms with Crippen molar-refractivity contribution in [2.45, 2.75) is 32.9 Å². The Kier molecular flexibility index (Phi) is 15.0. The van der Waals surface area contributed by atoms with Crippen LogP contribution in [0.2, 0.25) is 0 Å². The van der Waals surface area contributed by atoms with Gasteiger partial charge in [-0.05, 0) is 33.6 Å². The second-order valence-corrected chi connectivity index (χ2v) is 9.13. The minimum atomic E-state index is -0.657. The lowest BCUT2D eigenvalue weighted by molar-refractivity contribution is -0.129. The molecule has 0 saturated carbocycles. The first-order valence-electron chi connectivity index (χ1n) is 12.2. The highest BCUT2D eigenvalue weighted by Crippen LogP contribution is 2.31. The highest BCUT2D eigenvalue weighted by molar-refractivity contribution is 6.25. The maximum absolute atomic E-state index is 12.5. The molecular formula is C26H39N5O8. The minimum absolute atomic E-state index is 0.0217. The first-order valence-corrected chi connectivity index (χ1v) is 12.2. The molecule has 0 aromatic heterocycles. The van der Waals surface area contributed by atoms with E-state index in [9.17, 15) is 19.2 Å². The summed E-state index contributed by atoms with van der Waals surface area (Å²) in [7, 11) is 1.60. The van der Waals surface area contributed by atoms with Crippen molar-refractivity contribution in [1.82, 2.24) is 10.2 Å². The number of Topliss-reactive ketones (excluding diaryl/α,β-unsaturated/α-hetero) is 1. The lowest BCUT2D eigenvalue weighted by atomic mass is 10.1. The van der Waals surface area contributed by atoms with Gasteiger partial charge in [0.05, 0.1) is 45.2 Å². The van der Waals surface area contributed by atoms with Crippen molar-refractivity contribution in [3.05, 3.63) is 35.7 Å². The van der Waals surface area contributed by atoms with Crippen LogP contribution in [0.3, 0.4) is 0 Å². The summed E-state index contributed by atoms with van der Waals surface area (Å²) < 4.78 is 22.3. The van der Waals surface area contributed by atoms with Crippen LogP contribution in [0.15, 0.2) is 35.1 Å². The van der Waals surface area contributed by atoms with Crippen molar-refractivity contribution in [1.29, 1.82) is 0 Å². The number of aldehydes is 1. The van der Waals surface area contributed by atoms with E-state index in [-0.39, 0.29) is 38.3 Å². The first-order chi connectivity index (χ1) is 18.5. The molecule has 0 heterocycles. The largest absolute Gasteiger partial charge is 0.489 e. The van der Waals surface area contributed by atoms with E-state index >= 15 is 0 Å². The summed E-state index contributed by atoms with van der Waals surface area (Å²) in [5.41, 5.74) is 5.69. The van der Waals surface area contributed by atoms with Crippen molar-refractivity contribution >= 4 is 36.5 Å². The van der Waals surface area contributed by atoms with Crippen molar-refractivity contribution in [3.63, 3.8) is 0 Å². The third-order valence-electron chi connectivity index (χ3n) is 4.72. The van der Waals surface area contributed by atoms with Crippen LogP contribution in [0.4, 0.5) is 10.5 Å². The number of amides is 2. The zero-order chi connectivity index (χ0) is 29.3. The lowest BCUT2D eigenvalue weighted by Crippen LogP contribution is -2.34. The van der Waals surface area contributed by atoms with E-state index in [0.717, 1.165) is 6.20 Å². The number of rotatable bonds is 18. The summed E-state index contributed by atoms with van der Waals surface area (Å²) in [6.07, 6.45) is 0.797. The van der Waals surface area contributed by atoms with E-state index in [1.54, 1.807) is 46.0 Å². The number of nitrogens with two attached hydrogens (primary N) is 1. The lowest BCUT2D eigenvalue weighted by Gasteiger charge is -2.25. The Labute approximate surface area is 228 Å². The van der Waals surface area contributed by atoms with Crippen LogP contribution >= 0.6 is 0 Å². The molecule has 1 rings (SSSR count). The first kappa shape index (κ1) is 33.2. The number of hydrogen-bond acceptors (Lipinski definition) is 11. The van der Waals surface area contributed by atoms with Gasteiger partial charge in [-0.2, -0.15) is 0 Å². The summed E-state index contributed by atoms with van der Waals surface area (Å²) in [6, 6.07) is 5.13. The van der Waals surface area contributed by atoms with E-state index in [4.69, 9.17) is 24.7 Å². The molecule has 0 saturated heterocycles. The normalized spacial score (nSPS) is 11.4. The van der Waals surface area contributed by atoms with Crippen LogP contribution < -0.4 is 21.1 Å². The van der Waals surface area contributed by atoms with Crippen molar-refractivity contribution in [2.75, 3.05) is 58.5 Å². The number of nitrogens with one attached hydrogen (secondary N) is 2. The van der Waals surface area contributed by atoms with Gasteiger partial charge in [-0.3, -0.25) is 19.4 Å². The Morgan fingerprint density at radius 3 is 2.38 bits per heavy atom.